The van der Waals surface area contributed by atoms with Crippen LogP contribution in [0.25, 0.3) is 10.9 Å². The lowest BCUT2D eigenvalue weighted by Crippen LogP contribution is -2.28. The molecule has 1 aromatic heterocycles. The van der Waals surface area contributed by atoms with Crippen LogP contribution in [0.5, 0.6) is 11.6 Å². The maximum absolute atomic E-state index is 12.9. The SMILES string of the molecule is CN(C)c1ccc2c(Oc3ccc(NC(=O)NCc4ccc(F)cc4)cc3)ncnc2c1. The number of urea groups is 1. The second-order valence-electron chi connectivity index (χ2n) is 7.34. The van der Waals surface area contributed by atoms with E-state index in [1.807, 2.05) is 37.2 Å². The highest BCUT2D eigenvalue weighted by Crippen LogP contribution is 2.29. The Balaban J connectivity index is 1.38. The molecule has 8 heteroatoms. The highest BCUT2D eigenvalue weighted by molar-refractivity contribution is 5.89. The zero-order valence-corrected chi connectivity index (χ0v) is 17.7. The third-order valence-electron chi connectivity index (χ3n) is 4.79. The second kappa shape index (κ2) is 9.30. The number of ether oxygens (including phenoxy) is 1. The minimum absolute atomic E-state index is 0.295. The van der Waals surface area contributed by atoms with Crippen LogP contribution < -0.4 is 20.3 Å². The van der Waals surface area contributed by atoms with Crippen molar-refractivity contribution < 1.29 is 13.9 Å². The summed E-state index contributed by atoms with van der Waals surface area (Å²) in [6, 6.07) is 18.5. The number of carbonyl (C=O) groups excluding carboxylic acids is 1. The van der Waals surface area contributed by atoms with Gasteiger partial charge < -0.3 is 20.3 Å². The van der Waals surface area contributed by atoms with Gasteiger partial charge in [0, 0.05) is 32.0 Å². The summed E-state index contributed by atoms with van der Waals surface area (Å²) in [6.07, 6.45) is 1.47. The standard InChI is InChI=1S/C24H22FN5O2/c1-30(2)19-9-12-21-22(13-19)27-15-28-23(21)32-20-10-7-18(8-11-20)29-24(31)26-14-16-3-5-17(25)6-4-16/h3-13,15H,14H2,1-2H3,(H2,26,29,31). The molecule has 0 atom stereocenters. The fraction of sp³-hybridized carbons (Fsp3) is 0.125. The van der Waals surface area contributed by atoms with Crippen molar-refractivity contribution in [2.75, 3.05) is 24.3 Å². The Morgan fingerprint density at radius 3 is 2.47 bits per heavy atom. The van der Waals surface area contributed by atoms with Gasteiger partial charge >= 0.3 is 6.03 Å². The van der Waals surface area contributed by atoms with Gasteiger partial charge in [0.15, 0.2) is 0 Å². The zero-order chi connectivity index (χ0) is 22.5. The minimum atomic E-state index is -0.360. The van der Waals surface area contributed by atoms with Crippen molar-refractivity contribution in [1.82, 2.24) is 15.3 Å². The Morgan fingerprint density at radius 1 is 1.00 bits per heavy atom. The molecule has 0 radical (unpaired) electrons. The molecule has 0 aliphatic heterocycles. The zero-order valence-electron chi connectivity index (χ0n) is 17.7. The molecule has 0 saturated carbocycles. The Hall–Kier alpha value is -4.20. The van der Waals surface area contributed by atoms with E-state index in [2.05, 4.69) is 20.6 Å². The summed E-state index contributed by atoms with van der Waals surface area (Å²) in [7, 11) is 3.94. The molecule has 0 bridgehead atoms. The first-order chi connectivity index (χ1) is 15.5. The van der Waals surface area contributed by atoms with Crippen molar-refractivity contribution in [1.29, 1.82) is 0 Å². The molecule has 0 aliphatic rings. The molecule has 162 valence electrons. The first-order valence-corrected chi connectivity index (χ1v) is 9.97. The number of aromatic nitrogens is 2. The molecule has 32 heavy (non-hydrogen) atoms. The number of amides is 2. The number of hydrogen-bond acceptors (Lipinski definition) is 5. The van der Waals surface area contributed by atoms with Crippen molar-refractivity contribution in [2.24, 2.45) is 0 Å². The number of rotatable bonds is 6. The molecule has 0 saturated heterocycles. The topological polar surface area (TPSA) is 79.4 Å². The normalized spacial score (nSPS) is 10.6. The Bertz CT molecular complexity index is 1230. The molecule has 2 N–H and O–H groups in total. The van der Waals surface area contributed by atoms with Crippen molar-refractivity contribution in [3.8, 4) is 11.6 Å². The smallest absolute Gasteiger partial charge is 0.319 e. The molecule has 3 aromatic carbocycles. The molecule has 7 nitrogen and oxygen atoms in total. The summed E-state index contributed by atoms with van der Waals surface area (Å²) in [6.45, 7) is 0.295. The fourth-order valence-corrected chi connectivity index (χ4v) is 3.06. The number of fused-ring (bicyclic) bond motifs is 1. The summed E-state index contributed by atoms with van der Waals surface area (Å²) in [5.41, 5.74) is 3.24. The van der Waals surface area contributed by atoms with E-state index in [9.17, 15) is 9.18 Å². The van der Waals surface area contributed by atoms with Crippen LogP contribution in [0, 0.1) is 5.82 Å². The summed E-state index contributed by atoms with van der Waals surface area (Å²) < 4.78 is 18.9. The molecule has 4 rings (SSSR count). The van der Waals surface area contributed by atoms with Gasteiger partial charge in [-0.3, -0.25) is 0 Å². The molecular formula is C24H22FN5O2. The monoisotopic (exact) mass is 431 g/mol. The van der Waals surface area contributed by atoms with E-state index in [0.717, 1.165) is 22.2 Å². The lowest BCUT2D eigenvalue weighted by molar-refractivity contribution is 0.251. The van der Waals surface area contributed by atoms with E-state index in [-0.39, 0.29) is 11.8 Å². The average molecular weight is 431 g/mol. The summed E-state index contributed by atoms with van der Waals surface area (Å²) in [4.78, 5) is 22.7. The third kappa shape index (κ3) is 5.10. The van der Waals surface area contributed by atoms with E-state index < -0.39 is 0 Å². The number of nitrogens with one attached hydrogen (secondary N) is 2. The van der Waals surface area contributed by atoms with Gasteiger partial charge in [-0.05, 0) is 60.2 Å². The van der Waals surface area contributed by atoms with Gasteiger partial charge in [-0.1, -0.05) is 12.1 Å². The van der Waals surface area contributed by atoms with Gasteiger partial charge in [0.25, 0.3) is 0 Å². The highest BCUT2D eigenvalue weighted by Gasteiger charge is 2.09. The number of anilines is 2. The van der Waals surface area contributed by atoms with Crippen molar-refractivity contribution >= 4 is 28.3 Å². The quantitative estimate of drug-likeness (QED) is 0.452. The molecular weight excluding hydrogens is 409 g/mol. The van der Waals surface area contributed by atoms with Crippen LogP contribution in [0.3, 0.4) is 0 Å². The number of nitrogens with zero attached hydrogens (tertiary/aromatic N) is 3. The van der Waals surface area contributed by atoms with Crippen LogP contribution in [0.4, 0.5) is 20.6 Å². The first kappa shape index (κ1) is 21.0. The number of halogens is 1. The van der Waals surface area contributed by atoms with Gasteiger partial charge in [-0.15, -0.1) is 0 Å². The number of hydrogen-bond donors (Lipinski definition) is 2. The van der Waals surface area contributed by atoms with Gasteiger partial charge in [-0.25, -0.2) is 19.2 Å². The van der Waals surface area contributed by atoms with E-state index in [1.165, 1.54) is 18.5 Å². The molecule has 4 aromatic rings. The predicted molar refractivity (Wildman–Crippen MR) is 123 cm³/mol. The predicted octanol–water partition coefficient (Wildman–Crippen LogP) is 4.95. The lowest BCUT2D eigenvalue weighted by atomic mass is 10.2. The van der Waals surface area contributed by atoms with Gasteiger partial charge in [-0.2, -0.15) is 0 Å². The van der Waals surface area contributed by atoms with E-state index >= 15 is 0 Å². The molecule has 0 spiro atoms. The maximum atomic E-state index is 12.9. The average Bonchev–Trinajstić information content (AvgIpc) is 2.80. The van der Waals surface area contributed by atoms with Crippen molar-refractivity contribution in [3.05, 3.63) is 84.4 Å². The van der Waals surface area contributed by atoms with Crippen LogP contribution >= 0.6 is 0 Å². The maximum Gasteiger partial charge on any atom is 0.319 e. The second-order valence-corrected chi connectivity index (χ2v) is 7.34. The van der Waals surface area contributed by atoms with Crippen LogP contribution in [-0.4, -0.2) is 30.1 Å². The number of carbonyl (C=O) groups is 1. The van der Waals surface area contributed by atoms with Crippen molar-refractivity contribution in [2.45, 2.75) is 6.54 Å². The molecule has 2 amide bonds. The Labute approximate surface area is 184 Å². The highest BCUT2D eigenvalue weighted by atomic mass is 19.1. The van der Waals surface area contributed by atoms with Gasteiger partial charge in [0.05, 0.1) is 10.9 Å². The van der Waals surface area contributed by atoms with Crippen LogP contribution in [0.15, 0.2) is 73.1 Å². The lowest BCUT2D eigenvalue weighted by Gasteiger charge is -2.13. The van der Waals surface area contributed by atoms with Crippen LogP contribution in [-0.2, 0) is 6.54 Å². The molecule has 0 fully saturated rings. The van der Waals surface area contributed by atoms with Crippen molar-refractivity contribution in [3.63, 3.8) is 0 Å². The summed E-state index contributed by atoms with van der Waals surface area (Å²) in [5.74, 6) is 0.728. The minimum Gasteiger partial charge on any atom is -0.438 e. The first-order valence-electron chi connectivity index (χ1n) is 9.97. The van der Waals surface area contributed by atoms with Gasteiger partial charge in [0.2, 0.25) is 5.88 Å². The fourth-order valence-electron chi connectivity index (χ4n) is 3.06. The van der Waals surface area contributed by atoms with E-state index in [1.54, 1.807) is 36.4 Å². The van der Waals surface area contributed by atoms with Gasteiger partial charge in [0.1, 0.15) is 17.9 Å². The molecule has 0 aliphatic carbocycles. The van der Waals surface area contributed by atoms with E-state index in [4.69, 9.17) is 4.74 Å². The number of benzene rings is 3. The molecule has 1 heterocycles. The van der Waals surface area contributed by atoms with Crippen LogP contribution in [0.2, 0.25) is 0 Å². The van der Waals surface area contributed by atoms with E-state index in [0.29, 0.717) is 23.9 Å². The Kier molecular flexibility index (Phi) is 6.12. The summed E-state index contributed by atoms with van der Waals surface area (Å²) >= 11 is 0. The largest absolute Gasteiger partial charge is 0.438 e. The molecule has 0 unspecified atom stereocenters. The summed E-state index contributed by atoms with van der Waals surface area (Å²) in [5, 5.41) is 6.29. The van der Waals surface area contributed by atoms with Crippen LogP contribution in [0.1, 0.15) is 5.56 Å². The third-order valence-corrected chi connectivity index (χ3v) is 4.79. The Morgan fingerprint density at radius 2 is 1.75 bits per heavy atom.